The molecule has 321 valence electrons. The van der Waals surface area contributed by atoms with E-state index in [1.54, 1.807) is 0 Å². The first-order valence-electron chi connectivity index (χ1n) is 23.7. The zero-order valence-electron chi connectivity index (χ0n) is 39.7. The van der Waals surface area contributed by atoms with Gasteiger partial charge in [0.05, 0.1) is 5.52 Å². The molecule has 0 saturated carbocycles. The molecule has 0 spiro atoms. The molecule has 0 unspecified atom stereocenters. The lowest BCUT2D eigenvalue weighted by molar-refractivity contribution is 0.589. The molecule has 0 amide bonds. The van der Waals surface area contributed by atoms with Gasteiger partial charge in [-0.05, 0) is 126 Å². The van der Waals surface area contributed by atoms with Gasteiger partial charge in [-0.15, -0.1) is 11.3 Å². The molecule has 13 rings (SSSR count). The van der Waals surface area contributed by atoms with Gasteiger partial charge in [0.2, 0.25) is 0 Å². The van der Waals surface area contributed by atoms with Gasteiger partial charge in [0.25, 0.3) is 0 Å². The summed E-state index contributed by atoms with van der Waals surface area (Å²) in [6.07, 6.45) is 0. The lowest BCUT2D eigenvalue weighted by atomic mass is 9.58. The summed E-state index contributed by atoms with van der Waals surface area (Å²) in [5.74, 6) is 0. The number of benzene rings is 8. The zero-order valence-corrected chi connectivity index (χ0v) is 40.5. The summed E-state index contributed by atoms with van der Waals surface area (Å²) in [6.45, 7) is 23.5. The van der Waals surface area contributed by atoms with Gasteiger partial charge in [-0.2, -0.15) is 0 Å². The average Bonchev–Trinajstić information content (AvgIpc) is 3.95. The number of rotatable bonds is 3. The molecule has 2 nitrogen and oxygen atoms in total. The number of nitrogens with zero attached hydrogens (tertiary/aromatic N) is 1. The average molecular weight is 870 g/mol. The van der Waals surface area contributed by atoms with E-state index in [1.807, 2.05) is 11.3 Å². The van der Waals surface area contributed by atoms with Gasteiger partial charge in [-0.3, -0.25) is 0 Å². The zero-order chi connectivity index (χ0) is 45.4. The van der Waals surface area contributed by atoms with Gasteiger partial charge in [0.1, 0.15) is 0 Å². The predicted octanol–water partition coefficient (Wildman–Crippen LogP) is 15.7. The number of aromatic nitrogens is 1. The van der Waals surface area contributed by atoms with E-state index in [9.17, 15) is 0 Å². The highest BCUT2D eigenvalue weighted by atomic mass is 32.1. The third-order valence-electron chi connectivity index (χ3n) is 15.7. The summed E-state index contributed by atoms with van der Waals surface area (Å²) in [7, 11) is 2.52. The first-order chi connectivity index (χ1) is 31.5. The van der Waals surface area contributed by atoms with Crippen LogP contribution in [-0.4, -0.2) is 11.8 Å². The second kappa shape index (κ2) is 13.2. The number of hydrogen-bond donors (Lipinski definition) is 1. The van der Waals surface area contributed by atoms with Crippen LogP contribution < -0.4 is 16.2 Å². The van der Waals surface area contributed by atoms with E-state index in [-0.39, 0.29) is 21.7 Å². The van der Waals surface area contributed by atoms with Gasteiger partial charge >= 0.3 is 0 Å². The van der Waals surface area contributed by atoms with Crippen molar-refractivity contribution in [2.24, 2.45) is 0 Å². The molecule has 10 aromatic rings. The van der Waals surface area contributed by atoms with Crippen LogP contribution in [0.2, 0.25) is 0 Å². The Morgan fingerprint density at radius 3 is 1.92 bits per heavy atom. The maximum Gasteiger partial charge on any atom is 0.197 e. The lowest BCUT2D eigenvalue weighted by Crippen LogP contribution is -2.37. The lowest BCUT2D eigenvalue weighted by Gasteiger charge is -2.28. The molecule has 3 heterocycles. The minimum atomic E-state index is -0.176. The SMILES string of the molecule is CC(C)(C)c1ccc(Nc2cc3c(cc2-c2ccc4c5cc6sc7ccccc7c6cc5n5c4c2[B]c2cc4c(cc2-5)C(C)(C)c2ccccc2-4)C(C)(C)c2ccc(C(C)(C)C)cc2-3)cc1. The summed E-state index contributed by atoms with van der Waals surface area (Å²) < 4.78 is 5.30. The minimum absolute atomic E-state index is 0.0422. The molecule has 3 aliphatic rings. The third-order valence-corrected chi connectivity index (χ3v) is 16.9. The Labute approximate surface area is 393 Å². The molecule has 1 radical (unpaired) electrons. The van der Waals surface area contributed by atoms with Crippen molar-refractivity contribution in [2.45, 2.75) is 90.9 Å². The van der Waals surface area contributed by atoms with Crippen molar-refractivity contribution in [2.75, 3.05) is 5.32 Å². The maximum atomic E-state index is 4.03. The molecule has 8 aromatic carbocycles. The summed E-state index contributed by atoms with van der Waals surface area (Å²) >= 11 is 1.90. The van der Waals surface area contributed by atoms with E-state index in [0.717, 1.165) is 11.4 Å². The molecule has 1 aliphatic heterocycles. The van der Waals surface area contributed by atoms with Crippen LogP contribution in [0.3, 0.4) is 0 Å². The fourth-order valence-corrected chi connectivity index (χ4v) is 13.1. The van der Waals surface area contributed by atoms with Crippen molar-refractivity contribution in [3.05, 3.63) is 173 Å². The first-order valence-corrected chi connectivity index (χ1v) is 24.6. The van der Waals surface area contributed by atoms with Gasteiger partial charge in [0, 0.05) is 69.9 Å². The van der Waals surface area contributed by atoms with E-state index in [4.69, 9.17) is 0 Å². The smallest absolute Gasteiger partial charge is 0.197 e. The van der Waals surface area contributed by atoms with Gasteiger partial charge in [0.15, 0.2) is 7.28 Å². The molecule has 66 heavy (non-hydrogen) atoms. The van der Waals surface area contributed by atoms with Gasteiger partial charge < -0.3 is 9.88 Å². The largest absolute Gasteiger partial charge is 0.355 e. The number of nitrogens with one attached hydrogen (secondary N) is 1. The Balaban J connectivity index is 1.10. The molecular formula is C62H54BN2S. The van der Waals surface area contributed by atoms with E-state index in [1.165, 1.54) is 125 Å². The summed E-state index contributed by atoms with van der Waals surface area (Å²) in [5, 5.41) is 9.28. The predicted molar refractivity (Wildman–Crippen MR) is 286 cm³/mol. The molecule has 0 bridgehead atoms. The number of thiophene rings is 1. The molecule has 2 aromatic heterocycles. The molecule has 2 aliphatic carbocycles. The van der Waals surface area contributed by atoms with Crippen molar-refractivity contribution in [3.8, 4) is 39.1 Å². The standard InChI is InChI=1S/C62H54BN2S/c1-59(2,3)34-19-22-36(23-20-34)64-52-30-43-41-27-35(60(4,5)6)21-26-48(41)62(9,10)49(43)28-44(52)39-24-25-40-45-32-56-46(38-16-12-14-18-55(38)66-56)31-53(45)65-54-33-50-42(29-51(54)63-57(39)58(40)65)37-15-11-13-17-47(37)61(50,7)8/h11-33,64H,1-10H3. The van der Waals surface area contributed by atoms with Gasteiger partial charge in [-0.25, -0.2) is 0 Å². The van der Waals surface area contributed by atoms with E-state index in [2.05, 4.69) is 226 Å². The monoisotopic (exact) mass is 869 g/mol. The van der Waals surface area contributed by atoms with Crippen LogP contribution >= 0.6 is 11.3 Å². The van der Waals surface area contributed by atoms with Crippen LogP contribution in [0, 0.1) is 0 Å². The molecule has 1 N–H and O–H groups in total. The van der Waals surface area contributed by atoms with Crippen LogP contribution in [0.25, 0.3) is 81.0 Å². The Bertz CT molecular complexity index is 3770. The number of hydrogen-bond acceptors (Lipinski definition) is 2. The summed E-state index contributed by atoms with van der Waals surface area (Å²) in [6, 6.07) is 54.1. The molecule has 4 heteroatoms. The highest BCUT2D eigenvalue weighted by Crippen LogP contribution is 2.54. The second-order valence-electron chi connectivity index (χ2n) is 22.5. The number of anilines is 2. The quantitative estimate of drug-likeness (QED) is 0.175. The first kappa shape index (κ1) is 40.0. The fourth-order valence-electron chi connectivity index (χ4n) is 12.0. The van der Waals surface area contributed by atoms with Crippen LogP contribution in [0.5, 0.6) is 0 Å². The summed E-state index contributed by atoms with van der Waals surface area (Å²) in [4.78, 5) is 0. The number of fused-ring (bicyclic) bond motifs is 14. The van der Waals surface area contributed by atoms with Crippen LogP contribution in [-0.2, 0) is 21.7 Å². The van der Waals surface area contributed by atoms with E-state index in [0.29, 0.717) is 0 Å². The van der Waals surface area contributed by atoms with Crippen molar-refractivity contribution in [3.63, 3.8) is 0 Å². The Hall–Kier alpha value is -6.36. The van der Waals surface area contributed by atoms with Crippen LogP contribution in [0.15, 0.2) is 140 Å². The van der Waals surface area contributed by atoms with Crippen molar-refractivity contribution in [1.82, 2.24) is 4.57 Å². The topological polar surface area (TPSA) is 17.0 Å². The van der Waals surface area contributed by atoms with E-state index >= 15 is 0 Å². The normalized spacial score (nSPS) is 15.2. The Morgan fingerprint density at radius 2 is 1.15 bits per heavy atom. The van der Waals surface area contributed by atoms with Crippen molar-refractivity contribution < 1.29 is 0 Å². The molecule has 0 atom stereocenters. The maximum absolute atomic E-state index is 4.03. The molecule has 0 fully saturated rings. The Morgan fingerprint density at radius 1 is 0.485 bits per heavy atom. The highest BCUT2D eigenvalue weighted by Gasteiger charge is 2.40. The minimum Gasteiger partial charge on any atom is -0.355 e. The molecule has 0 saturated heterocycles. The fraction of sp³-hybridized carbons (Fsp3) is 0.226. The van der Waals surface area contributed by atoms with Crippen LogP contribution in [0.1, 0.15) is 103 Å². The van der Waals surface area contributed by atoms with Crippen molar-refractivity contribution >= 4 is 82.9 Å². The highest BCUT2D eigenvalue weighted by molar-refractivity contribution is 7.25. The third kappa shape index (κ3) is 5.48. The Kier molecular flexibility index (Phi) is 7.97. The second-order valence-corrected chi connectivity index (χ2v) is 23.6. The summed E-state index contributed by atoms with van der Waals surface area (Å²) in [5.41, 5.74) is 24.4. The molecular weight excluding hydrogens is 816 g/mol. The van der Waals surface area contributed by atoms with Crippen LogP contribution in [0.4, 0.5) is 11.4 Å². The van der Waals surface area contributed by atoms with E-state index < -0.39 is 0 Å². The van der Waals surface area contributed by atoms with Gasteiger partial charge in [-0.1, -0.05) is 166 Å². The van der Waals surface area contributed by atoms with Crippen molar-refractivity contribution in [1.29, 1.82) is 0 Å².